The van der Waals surface area contributed by atoms with Crippen LogP contribution in [0, 0.1) is 5.92 Å². The van der Waals surface area contributed by atoms with Crippen LogP contribution in [0.15, 0.2) is 4.52 Å². The normalized spacial score (nSPS) is 18.3. The highest BCUT2D eigenvalue weighted by Gasteiger charge is 2.33. The number of alkyl halides is 2. The Morgan fingerprint density at radius 1 is 1.39 bits per heavy atom. The van der Waals surface area contributed by atoms with Gasteiger partial charge in [0.2, 0.25) is 0 Å². The summed E-state index contributed by atoms with van der Waals surface area (Å²) in [5.74, 6) is -2.63. The van der Waals surface area contributed by atoms with Crippen LogP contribution in [0.25, 0.3) is 0 Å². The zero-order valence-electron chi connectivity index (χ0n) is 10.8. The van der Waals surface area contributed by atoms with Crippen molar-refractivity contribution in [3.63, 3.8) is 0 Å². The Morgan fingerprint density at radius 3 is 2.56 bits per heavy atom. The van der Waals surface area contributed by atoms with E-state index in [1.807, 2.05) is 4.90 Å². The Kier molecular flexibility index (Phi) is 3.82. The summed E-state index contributed by atoms with van der Waals surface area (Å²) in [5.41, 5.74) is 0. The Bertz CT molecular complexity index is 381. The molecule has 0 aromatic carbocycles. The topological polar surface area (TPSA) is 42.2 Å². The van der Waals surface area contributed by atoms with Crippen LogP contribution >= 0.6 is 0 Å². The molecule has 1 aliphatic heterocycles. The number of anilines is 1. The molecule has 0 saturated carbocycles. The third kappa shape index (κ3) is 2.97. The number of aromatic nitrogens is 2. The van der Waals surface area contributed by atoms with E-state index in [1.165, 1.54) is 12.8 Å². The number of piperidine rings is 1. The Morgan fingerprint density at radius 2 is 2.06 bits per heavy atom. The largest absolute Gasteiger partial charge is 0.338 e. The van der Waals surface area contributed by atoms with Gasteiger partial charge in [-0.3, -0.25) is 0 Å². The minimum atomic E-state index is -3.06. The molecule has 0 N–H and O–H groups in total. The fourth-order valence-electron chi connectivity index (χ4n) is 2.35. The van der Waals surface area contributed by atoms with Crippen molar-refractivity contribution < 1.29 is 13.3 Å². The van der Waals surface area contributed by atoms with Crippen LogP contribution in [0.3, 0.4) is 0 Å². The van der Waals surface area contributed by atoms with Gasteiger partial charge in [-0.25, -0.2) is 0 Å². The highest BCUT2D eigenvalue weighted by atomic mass is 19.3. The van der Waals surface area contributed by atoms with Gasteiger partial charge in [-0.05, 0) is 23.9 Å². The molecule has 18 heavy (non-hydrogen) atoms. The third-order valence-electron chi connectivity index (χ3n) is 3.39. The van der Waals surface area contributed by atoms with Gasteiger partial charge in [-0.2, -0.15) is 13.8 Å². The molecule has 0 aliphatic carbocycles. The van der Waals surface area contributed by atoms with Crippen molar-refractivity contribution in [2.24, 2.45) is 5.92 Å². The highest BCUT2D eigenvalue weighted by Crippen LogP contribution is 2.28. The zero-order chi connectivity index (χ0) is 13.2. The average Bonchev–Trinajstić information content (AvgIpc) is 2.79. The molecule has 102 valence electrons. The Hall–Kier alpha value is -1.20. The molecule has 0 amide bonds. The summed E-state index contributed by atoms with van der Waals surface area (Å²) in [6.07, 6.45) is 4.57. The van der Waals surface area contributed by atoms with Gasteiger partial charge in [0.1, 0.15) is 0 Å². The van der Waals surface area contributed by atoms with Crippen LogP contribution in [0.5, 0.6) is 0 Å². The summed E-state index contributed by atoms with van der Waals surface area (Å²) in [6.45, 7) is 4.58. The molecule has 0 atom stereocenters. The van der Waals surface area contributed by atoms with E-state index >= 15 is 0 Å². The second kappa shape index (κ2) is 5.20. The van der Waals surface area contributed by atoms with Crippen molar-refractivity contribution >= 4 is 5.95 Å². The van der Waals surface area contributed by atoms with Crippen molar-refractivity contribution in [3.05, 3.63) is 5.89 Å². The Balaban J connectivity index is 1.95. The third-order valence-corrected chi connectivity index (χ3v) is 3.39. The van der Waals surface area contributed by atoms with Gasteiger partial charge < -0.3 is 9.42 Å². The van der Waals surface area contributed by atoms with Crippen molar-refractivity contribution in [3.8, 4) is 0 Å². The molecule has 1 saturated heterocycles. The second-order valence-corrected chi connectivity index (χ2v) is 5.01. The molecule has 0 spiro atoms. The van der Waals surface area contributed by atoms with Crippen LogP contribution in [0.1, 0.15) is 45.4 Å². The first-order valence-corrected chi connectivity index (χ1v) is 6.47. The summed E-state index contributed by atoms with van der Waals surface area (Å²) in [7, 11) is 0. The lowest BCUT2D eigenvalue weighted by atomic mass is 9.93. The summed E-state index contributed by atoms with van der Waals surface area (Å²) in [5, 5.41) is 3.64. The minimum absolute atomic E-state index is 0.293. The van der Waals surface area contributed by atoms with E-state index in [2.05, 4.69) is 21.6 Å². The molecule has 0 unspecified atom stereocenters. The van der Waals surface area contributed by atoms with Crippen LogP contribution in [0.4, 0.5) is 14.7 Å². The van der Waals surface area contributed by atoms with Crippen LogP contribution in [-0.4, -0.2) is 23.2 Å². The molecule has 2 heterocycles. The number of nitrogens with zero attached hydrogens (tertiary/aromatic N) is 3. The first kappa shape index (κ1) is 13.2. The summed E-state index contributed by atoms with van der Waals surface area (Å²) < 4.78 is 30.6. The number of rotatable bonds is 4. The maximum absolute atomic E-state index is 13.0. The molecule has 0 radical (unpaired) electrons. The smallest absolute Gasteiger partial charge is 0.322 e. The molecule has 0 bridgehead atoms. The second-order valence-electron chi connectivity index (χ2n) is 5.01. The summed E-state index contributed by atoms with van der Waals surface area (Å²) in [4.78, 5) is 5.70. The van der Waals surface area contributed by atoms with E-state index in [9.17, 15) is 8.78 Å². The molecule has 1 aliphatic rings. The van der Waals surface area contributed by atoms with Crippen molar-refractivity contribution in [2.75, 3.05) is 18.0 Å². The predicted octanol–water partition coefficient (Wildman–Crippen LogP) is 3.20. The van der Waals surface area contributed by atoms with Gasteiger partial charge in [0.25, 0.3) is 11.8 Å². The first-order valence-electron chi connectivity index (χ1n) is 6.47. The first-order chi connectivity index (χ1) is 8.50. The van der Waals surface area contributed by atoms with E-state index in [1.54, 1.807) is 0 Å². The van der Waals surface area contributed by atoms with E-state index in [4.69, 9.17) is 0 Å². The van der Waals surface area contributed by atoms with E-state index in [-0.39, 0.29) is 0 Å². The van der Waals surface area contributed by atoms with E-state index < -0.39 is 11.8 Å². The molecular weight excluding hydrogens is 240 g/mol. The van der Waals surface area contributed by atoms with Gasteiger partial charge in [0, 0.05) is 20.0 Å². The monoisotopic (exact) mass is 259 g/mol. The van der Waals surface area contributed by atoms with Crippen LogP contribution in [0.2, 0.25) is 0 Å². The maximum atomic E-state index is 13.0. The fraction of sp³-hybridized carbons (Fsp3) is 0.833. The fourth-order valence-corrected chi connectivity index (χ4v) is 2.35. The van der Waals surface area contributed by atoms with Gasteiger partial charge in [0.15, 0.2) is 0 Å². The number of hydrogen-bond donors (Lipinski definition) is 0. The molecular formula is C12H19F2N3O. The standard InChI is InChI=1S/C12H19F2N3O/c1-3-4-9-5-7-17(8-6-9)11-15-10(18-16-11)12(2,13)14/h9H,3-8H2,1-2H3. The molecule has 6 heteroatoms. The van der Waals surface area contributed by atoms with Gasteiger partial charge in [0.05, 0.1) is 0 Å². The molecule has 1 fully saturated rings. The van der Waals surface area contributed by atoms with Gasteiger partial charge >= 0.3 is 5.92 Å². The highest BCUT2D eigenvalue weighted by molar-refractivity contribution is 5.28. The minimum Gasteiger partial charge on any atom is -0.338 e. The predicted molar refractivity (Wildman–Crippen MR) is 63.7 cm³/mol. The van der Waals surface area contributed by atoms with Crippen LogP contribution < -0.4 is 4.90 Å². The lowest BCUT2D eigenvalue weighted by molar-refractivity contribution is -0.0158. The van der Waals surface area contributed by atoms with Crippen molar-refractivity contribution in [2.45, 2.75) is 45.5 Å². The molecule has 2 rings (SSSR count). The molecule has 1 aromatic heterocycles. The van der Waals surface area contributed by atoms with E-state index in [0.717, 1.165) is 38.8 Å². The van der Waals surface area contributed by atoms with Gasteiger partial charge in [-0.15, -0.1) is 0 Å². The quantitative estimate of drug-likeness (QED) is 0.832. The zero-order valence-corrected chi connectivity index (χ0v) is 10.8. The summed E-state index contributed by atoms with van der Waals surface area (Å²) in [6, 6.07) is 0. The summed E-state index contributed by atoms with van der Waals surface area (Å²) >= 11 is 0. The SMILES string of the molecule is CCCC1CCN(c2noc(C(C)(F)F)n2)CC1. The van der Waals surface area contributed by atoms with Crippen molar-refractivity contribution in [1.29, 1.82) is 0 Å². The van der Waals surface area contributed by atoms with Crippen LogP contribution in [-0.2, 0) is 5.92 Å². The number of halogens is 2. The molecule has 4 nitrogen and oxygen atoms in total. The maximum Gasteiger partial charge on any atom is 0.322 e. The lowest BCUT2D eigenvalue weighted by Crippen LogP contribution is -2.34. The number of hydrogen-bond acceptors (Lipinski definition) is 4. The lowest BCUT2D eigenvalue weighted by Gasteiger charge is -2.30. The van der Waals surface area contributed by atoms with Crippen molar-refractivity contribution in [1.82, 2.24) is 10.1 Å². The van der Waals surface area contributed by atoms with E-state index in [0.29, 0.717) is 5.95 Å². The molecule has 1 aromatic rings. The average molecular weight is 259 g/mol. The Labute approximate surface area is 105 Å². The van der Waals surface area contributed by atoms with Gasteiger partial charge in [-0.1, -0.05) is 19.8 Å².